The van der Waals surface area contributed by atoms with Gasteiger partial charge in [-0.05, 0) is 12.1 Å². The molecular weight excluding hydrogens is 321 g/mol. The third-order valence-electron chi connectivity index (χ3n) is 3.43. The summed E-state index contributed by atoms with van der Waals surface area (Å²) in [6.07, 6.45) is 0.535. The second kappa shape index (κ2) is 6.33. The number of likely N-dealkylation sites (tertiary alicyclic amines) is 1. The maximum absolute atomic E-state index is 13.4. The van der Waals surface area contributed by atoms with Gasteiger partial charge in [0.1, 0.15) is 0 Å². The van der Waals surface area contributed by atoms with Crippen molar-refractivity contribution in [2.24, 2.45) is 0 Å². The summed E-state index contributed by atoms with van der Waals surface area (Å²) in [7, 11) is 1.40. The largest absolute Gasteiger partial charge is 0.494 e. The molecule has 120 valence electrons. The molecule has 6 nitrogen and oxygen atoms in total. The maximum Gasteiger partial charge on any atom is 0.230 e. The Balaban J connectivity index is 1.70. The number of aromatic nitrogens is 1. The minimum Gasteiger partial charge on any atom is -0.494 e. The van der Waals surface area contributed by atoms with E-state index >= 15 is 0 Å². The molecule has 1 aliphatic heterocycles. The lowest BCUT2D eigenvalue weighted by atomic mass is 10.3. The fourth-order valence-corrected chi connectivity index (χ4v) is 2.98. The van der Waals surface area contributed by atoms with Crippen LogP contribution < -0.4 is 10.1 Å². The Labute approximate surface area is 135 Å². The number of hydrogen-bond acceptors (Lipinski definition) is 6. The summed E-state index contributed by atoms with van der Waals surface area (Å²) in [5, 5.41) is 5.42. The Morgan fingerprint density at radius 2 is 2.09 bits per heavy atom. The summed E-state index contributed by atoms with van der Waals surface area (Å²) in [6.45, 7) is 0.183. The minimum atomic E-state index is -0.441. The first-order valence-corrected chi connectivity index (χ1v) is 7.83. The lowest BCUT2D eigenvalue weighted by Crippen LogP contribution is -2.28. The van der Waals surface area contributed by atoms with Crippen molar-refractivity contribution in [3.8, 4) is 5.75 Å². The van der Waals surface area contributed by atoms with Gasteiger partial charge in [-0.2, -0.15) is 0 Å². The summed E-state index contributed by atoms with van der Waals surface area (Å²) in [4.78, 5) is 28.8. The smallest absolute Gasteiger partial charge is 0.230 e. The first-order chi connectivity index (χ1) is 11.1. The zero-order valence-electron chi connectivity index (χ0n) is 12.3. The Bertz CT molecular complexity index is 746. The molecule has 1 fully saturated rings. The number of carbonyl (C=O) groups is 2. The quantitative estimate of drug-likeness (QED) is 0.851. The molecule has 8 heteroatoms. The minimum absolute atomic E-state index is 0.139. The molecule has 1 aromatic carbocycles. The molecule has 2 aromatic rings. The second-order valence-corrected chi connectivity index (χ2v) is 5.85. The van der Waals surface area contributed by atoms with Gasteiger partial charge in [0.05, 0.1) is 19.3 Å². The first kappa shape index (κ1) is 15.4. The molecule has 1 aromatic heterocycles. The molecular formula is C15H14FN3O3S. The molecule has 2 heterocycles. The topological polar surface area (TPSA) is 71.5 Å². The Hall–Kier alpha value is -2.48. The molecule has 23 heavy (non-hydrogen) atoms. The number of benzene rings is 1. The van der Waals surface area contributed by atoms with Crippen molar-refractivity contribution in [3.63, 3.8) is 0 Å². The number of thiazole rings is 1. The van der Waals surface area contributed by atoms with E-state index in [1.165, 1.54) is 35.5 Å². The second-order valence-electron chi connectivity index (χ2n) is 4.99. The third-order valence-corrected chi connectivity index (χ3v) is 4.24. The van der Waals surface area contributed by atoms with Crippen molar-refractivity contribution >= 4 is 34.0 Å². The van der Waals surface area contributed by atoms with Crippen LogP contribution in [0.1, 0.15) is 18.5 Å². The number of halogens is 1. The van der Waals surface area contributed by atoms with Crippen molar-refractivity contribution in [2.75, 3.05) is 12.4 Å². The molecule has 0 radical (unpaired) electrons. The summed E-state index contributed by atoms with van der Waals surface area (Å²) in [6, 6.07) is 4.41. The van der Waals surface area contributed by atoms with Crippen LogP contribution in [0.25, 0.3) is 0 Å². The molecule has 0 unspecified atom stereocenters. The van der Waals surface area contributed by atoms with Crippen molar-refractivity contribution in [3.05, 3.63) is 35.1 Å². The SMILES string of the molecule is COc1cc(Nc2nc(CN3C(=O)CCC3=O)cs2)ccc1F. The first-order valence-electron chi connectivity index (χ1n) is 6.95. The van der Waals surface area contributed by atoms with E-state index < -0.39 is 5.82 Å². The van der Waals surface area contributed by atoms with Gasteiger partial charge in [0.25, 0.3) is 0 Å². The number of nitrogens with zero attached hydrogens (tertiary/aromatic N) is 2. The Morgan fingerprint density at radius 1 is 1.35 bits per heavy atom. The zero-order valence-corrected chi connectivity index (χ0v) is 13.2. The average molecular weight is 335 g/mol. The number of amides is 2. The molecule has 0 bridgehead atoms. The van der Waals surface area contributed by atoms with E-state index in [0.29, 0.717) is 16.5 Å². The van der Waals surface area contributed by atoms with Gasteiger partial charge in [-0.25, -0.2) is 9.37 Å². The highest BCUT2D eigenvalue weighted by Gasteiger charge is 2.29. The Morgan fingerprint density at radius 3 is 2.78 bits per heavy atom. The summed E-state index contributed by atoms with van der Waals surface area (Å²) >= 11 is 1.34. The van der Waals surface area contributed by atoms with E-state index in [1.807, 2.05) is 0 Å². The molecule has 0 atom stereocenters. The van der Waals surface area contributed by atoms with Crippen LogP contribution >= 0.6 is 11.3 Å². The fourth-order valence-electron chi connectivity index (χ4n) is 2.26. The van der Waals surface area contributed by atoms with E-state index in [-0.39, 0.29) is 37.0 Å². The van der Waals surface area contributed by atoms with Crippen LogP contribution in [-0.2, 0) is 16.1 Å². The van der Waals surface area contributed by atoms with Crippen LogP contribution in [0.2, 0.25) is 0 Å². The highest BCUT2D eigenvalue weighted by Crippen LogP contribution is 2.26. The molecule has 1 N–H and O–H groups in total. The van der Waals surface area contributed by atoms with Gasteiger partial charge in [0.2, 0.25) is 11.8 Å². The number of anilines is 2. The van der Waals surface area contributed by atoms with E-state index in [4.69, 9.17) is 4.74 Å². The number of imide groups is 1. The van der Waals surface area contributed by atoms with Crippen LogP contribution in [0.3, 0.4) is 0 Å². The van der Waals surface area contributed by atoms with E-state index in [1.54, 1.807) is 11.4 Å². The molecule has 1 aliphatic rings. The molecule has 3 rings (SSSR count). The highest BCUT2D eigenvalue weighted by molar-refractivity contribution is 7.13. The van der Waals surface area contributed by atoms with Crippen LogP contribution in [0, 0.1) is 5.82 Å². The van der Waals surface area contributed by atoms with Gasteiger partial charge in [-0.3, -0.25) is 14.5 Å². The fraction of sp³-hybridized carbons (Fsp3) is 0.267. The lowest BCUT2D eigenvalue weighted by Gasteiger charge is -2.11. The van der Waals surface area contributed by atoms with Gasteiger partial charge < -0.3 is 10.1 Å². The zero-order chi connectivity index (χ0) is 16.4. The number of nitrogens with one attached hydrogen (secondary N) is 1. The van der Waals surface area contributed by atoms with E-state index in [2.05, 4.69) is 10.3 Å². The molecule has 1 saturated heterocycles. The highest BCUT2D eigenvalue weighted by atomic mass is 32.1. The number of carbonyl (C=O) groups excluding carboxylic acids is 2. The summed E-state index contributed by atoms with van der Waals surface area (Å²) in [5.41, 5.74) is 1.27. The number of rotatable bonds is 5. The lowest BCUT2D eigenvalue weighted by molar-refractivity contribution is -0.139. The van der Waals surface area contributed by atoms with Gasteiger partial charge in [0, 0.05) is 30.0 Å². The monoisotopic (exact) mass is 335 g/mol. The molecule has 0 aliphatic carbocycles. The van der Waals surface area contributed by atoms with Crippen LogP contribution in [0.4, 0.5) is 15.2 Å². The van der Waals surface area contributed by atoms with Gasteiger partial charge in [-0.1, -0.05) is 0 Å². The molecule has 0 spiro atoms. The van der Waals surface area contributed by atoms with Gasteiger partial charge in [0.15, 0.2) is 16.7 Å². The van der Waals surface area contributed by atoms with Crippen LogP contribution in [0.15, 0.2) is 23.6 Å². The predicted octanol–water partition coefficient (Wildman–Crippen LogP) is 2.68. The molecule has 0 saturated carbocycles. The standard InChI is InChI=1S/C15H14FN3O3S/c1-22-12-6-9(2-3-11(12)16)17-15-18-10(8-23-15)7-19-13(20)4-5-14(19)21/h2-3,6,8H,4-5,7H2,1H3,(H,17,18). The van der Waals surface area contributed by atoms with Crippen molar-refractivity contribution < 1.29 is 18.7 Å². The van der Waals surface area contributed by atoms with E-state index in [0.717, 1.165) is 0 Å². The van der Waals surface area contributed by atoms with Crippen molar-refractivity contribution in [1.82, 2.24) is 9.88 Å². The average Bonchev–Trinajstić information content (AvgIpc) is 3.11. The number of hydrogen-bond donors (Lipinski definition) is 1. The van der Waals surface area contributed by atoms with Crippen LogP contribution in [0.5, 0.6) is 5.75 Å². The maximum atomic E-state index is 13.4. The van der Waals surface area contributed by atoms with Crippen molar-refractivity contribution in [2.45, 2.75) is 19.4 Å². The van der Waals surface area contributed by atoms with E-state index in [9.17, 15) is 14.0 Å². The molecule has 2 amide bonds. The van der Waals surface area contributed by atoms with Crippen LogP contribution in [-0.4, -0.2) is 28.8 Å². The summed E-state index contributed by atoms with van der Waals surface area (Å²) < 4.78 is 18.3. The van der Waals surface area contributed by atoms with Gasteiger partial charge in [-0.15, -0.1) is 11.3 Å². The van der Waals surface area contributed by atoms with Gasteiger partial charge >= 0.3 is 0 Å². The third kappa shape index (κ3) is 3.31. The normalized spacial score (nSPS) is 14.4. The van der Waals surface area contributed by atoms with Crippen molar-refractivity contribution in [1.29, 1.82) is 0 Å². The number of ether oxygens (including phenoxy) is 1. The summed E-state index contributed by atoms with van der Waals surface area (Å²) in [5.74, 6) is -0.634. The number of methoxy groups -OCH3 is 1. The Kier molecular flexibility index (Phi) is 4.24. The predicted molar refractivity (Wildman–Crippen MR) is 83.1 cm³/mol.